The van der Waals surface area contributed by atoms with E-state index < -0.39 is 0 Å². The summed E-state index contributed by atoms with van der Waals surface area (Å²) in [5, 5.41) is 8.51. The Morgan fingerprint density at radius 1 is 1.52 bits per heavy atom. The number of hydrogen-bond acceptors (Lipinski definition) is 6. The van der Waals surface area contributed by atoms with Crippen LogP contribution in [0.5, 0.6) is 0 Å². The molecular weight excluding hydrogens is 290 g/mol. The van der Waals surface area contributed by atoms with Crippen molar-refractivity contribution in [2.75, 3.05) is 18.5 Å². The summed E-state index contributed by atoms with van der Waals surface area (Å²) in [5.74, 6) is 1.39. The maximum absolute atomic E-state index is 12.1. The Morgan fingerprint density at radius 3 is 2.90 bits per heavy atom. The van der Waals surface area contributed by atoms with Crippen molar-refractivity contribution in [3.63, 3.8) is 0 Å². The number of carbonyl (C=O) groups excluding carboxylic acids is 1. The minimum Gasteiger partial charge on any atom is -0.467 e. The first-order valence-corrected chi connectivity index (χ1v) is 7.57. The van der Waals surface area contributed by atoms with Crippen molar-refractivity contribution in [2.24, 2.45) is 0 Å². The summed E-state index contributed by atoms with van der Waals surface area (Å²) in [6.45, 7) is 4.44. The molecule has 0 aliphatic rings. The fraction of sp³-hybridized carbons (Fsp3) is 0.462. The van der Waals surface area contributed by atoms with Gasteiger partial charge in [0.05, 0.1) is 18.6 Å². The van der Waals surface area contributed by atoms with Gasteiger partial charge in [0.2, 0.25) is 11.9 Å². The number of anilines is 1. The molecule has 0 bridgehead atoms. The van der Waals surface area contributed by atoms with Crippen molar-refractivity contribution in [1.29, 1.82) is 0 Å². The van der Waals surface area contributed by atoms with Crippen LogP contribution in [0.25, 0.3) is 0 Å². The van der Waals surface area contributed by atoms with Gasteiger partial charge >= 0.3 is 0 Å². The lowest BCUT2D eigenvalue weighted by Gasteiger charge is -2.16. The first-order valence-electron chi connectivity index (χ1n) is 6.58. The first kappa shape index (κ1) is 15.4. The van der Waals surface area contributed by atoms with E-state index in [4.69, 9.17) is 10.2 Å². The van der Waals surface area contributed by atoms with Crippen LogP contribution >= 0.6 is 11.8 Å². The molecule has 2 heterocycles. The third kappa shape index (κ3) is 3.78. The molecular formula is C13H19N5O2S. The molecule has 0 saturated heterocycles. The monoisotopic (exact) mass is 309 g/mol. The maximum Gasteiger partial charge on any atom is 0.233 e. The summed E-state index contributed by atoms with van der Waals surface area (Å²) >= 11 is 1.33. The average Bonchev–Trinajstić information content (AvgIpc) is 3.05. The van der Waals surface area contributed by atoms with Crippen LogP contribution in [0.15, 0.2) is 28.0 Å². The molecule has 2 aromatic heterocycles. The van der Waals surface area contributed by atoms with Gasteiger partial charge in [-0.25, -0.2) is 0 Å². The number of furan rings is 1. The Hall–Kier alpha value is -1.96. The van der Waals surface area contributed by atoms with Crippen molar-refractivity contribution in [3.8, 4) is 0 Å². The number of nitrogens with two attached hydrogens (primary N) is 1. The van der Waals surface area contributed by atoms with Crippen LogP contribution in [0.3, 0.4) is 0 Å². The largest absolute Gasteiger partial charge is 0.467 e. The summed E-state index contributed by atoms with van der Waals surface area (Å²) in [6.07, 6.45) is 1.59. The van der Waals surface area contributed by atoms with E-state index in [1.165, 1.54) is 11.8 Å². The minimum atomic E-state index is -0.00622. The number of amides is 1. The number of nitrogen functional groups attached to an aromatic ring is 1. The lowest BCUT2D eigenvalue weighted by molar-refractivity contribution is -0.127. The van der Waals surface area contributed by atoms with Gasteiger partial charge in [-0.15, -0.1) is 10.2 Å². The summed E-state index contributed by atoms with van der Waals surface area (Å²) in [7, 11) is 1.74. The van der Waals surface area contributed by atoms with Crippen LogP contribution in [0.4, 0.5) is 5.95 Å². The highest BCUT2D eigenvalue weighted by Crippen LogP contribution is 2.22. The Labute approximate surface area is 127 Å². The van der Waals surface area contributed by atoms with E-state index in [9.17, 15) is 4.79 Å². The van der Waals surface area contributed by atoms with Gasteiger partial charge in [0.15, 0.2) is 5.16 Å². The Bertz CT molecular complexity index is 594. The lowest BCUT2D eigenvalue weighted by atomic mass is 10.4. The molecule has 0 saturated carbocycles. The number of rotatable bonds is 6. The molecule has 0 radical (unpaired) electrons. The number of aromatic nitrogens is 3. The molecule has 2 rings (SSSR count). The summed E-state index contributed by atoms with van der Waals surface area (Å²) < 4.78 is 7.04. The van der Waals surface area contributed by atoms with Gasteiger partial charge < -0.3 is 15.1 Å². The highest BCUT2D eigenvalue weighted by molar-refractivity contribution is 7.99. The summed E-state index contributed by atoms with van der Waals surface area (Å²) in [5.41, 5.74) is 5.77. The molecule has 2 N–H and O–H groups in total. The molecule has 0 aromatic carbocycles. The zero-order valence-electron chi connectivity index (χ0n) is 12.3. The molecule has 0 atom stereocenters. The van der Waals surface area contributed by atoms with Crippen LogP contribution in [-0.4, -0.2) is 38.4 Å². The molecule has 21 heavy (non-hydrogen) atoms. The Balaban J connectivity index is 1.92. The van der Waals surface area contributed by atoms with Crippen molar-refractivity contribution in [3.05, 3.63) is 24.2 Å². The zero-order valence-corrected chi connectivity index (χ0v) is 13.1. The average molecular weight is 309 g/mol. The van der Waals surface area contributed by atoms with E-state index >= 15 is 0 Å². The summed E-state index contributed by atoms with van der Waals surface area (Å²) in [6, 6.07) is 3.79. The van der Waals surface area contributed by atoms with E-state index in [0.717, 1.165) is 5.76 Å². The van der Waals surface area contributed by atoms with Gasteiger partial charge in [-0.1, -0.05) is 11.8 Å². The molecule has 114 valence electrons. The topological polar surface area (TPSA) is 90.2 Å². The van der Waals surface area contributed by atoms with Crippen molar-refractivity contribution < 1.29 is 9.21 Å². The molecule has 7 nitrogen and oxygen atoms in total. The van der Waals surface area contributed by atoms with E-state index in [2.05, 4.69) is 10.2 Å². The van der Waals surface area contributed by atoms with Gasteiger partial charge in [-0.3, -0.25) is 9.36 Å². The van der Waals surface area contributed by atoms with Crippen LogP contribution in [0.2, 0.25) is 0 Å². The second kappa shape index (κ2) is 6.66. The molecule has 0 spiro atoms. The minimum absolute atomic E-state index is 0.00622. The van der Waals surface area contributed by atoms with Crippen LogP contribution < -0.4 is 5.73 Å². The predicted octanol–water partition coefficient (Wildman–Crippen LogP) is 1.78. The molecule has 0 aliphatic heterocycles. The predicted molar refractivity (Wildman–Crippen MR) is 80.7 cm³/mol. The SMILES string of the molecule is CC(C)n1c(N)nnc1SCC(=O)N(C)Cc1ccco1. The quantitative estimate of drug-likeness (QED) is 0.818. The summed E-state index contributed by atoms with van der Waals surface area (Å²) in [4.78, 5) is 13.7. The van der Waals surface area contributed by atoms with Gasteiger partial charge in [0, 0.05) is 13.1 Å². The van der Waals surface area contributed by atoms with Gasteiger partial charge in [0.25, 0.3) is 0 Å². The van der Waals surface area contributed by atoms with Gasteiger partial charge in [-0.05, 0) is 26.0 Å². The smallest absolute Gasteiger partial charge is 0.233 e. The first-order chi connectivity index (χ1) is 9.99. The molecule has 2 aromatic rings. The third-order valence-electron chi connectivity index (χ3n) is 2.93. The molecule has 0 unspecified atom stereocenters. The second-order valence-corrected chi connectivity index (χ2v) is 5.86. The van der Waals surface area contributed by atoms with Crippen molar-refractivity contribution in [1.82, 2.24) is 19.7 Å². The fourth-order valence-electron chi connectivity index (χ4n) is 1.83. The Morgan fingerprint density at radius 2 is 2.29 bits per heavy atom. The zero-order chi connectivity index (χ0) is 15.4. The van der Waals surface area contributed by atoms with Crippen LogP contribution in [-0.2, 0) is 11.3 Å². The number of thioether (sulfide) groups is 1. The van der Waals surface area contributed by atoms with E-state index in [0.29, 0.717) is 17.6 Å². The highest BCUT2D eigenvalue weighted by atomic mass is 32.2. The van der Waals surface area contributed by atoms with Gasteiger partial charge in [-0.2, -0.15) is 0 Å². The van der Waals surface area contributed by atoms with E-state index in [1.807, 2.05) is 24.5 Å². The maximum atomic E-state index is 12.1. The third-order valence-corrected chi connectivity index (χ3v) is 3.86. The molecule has 8 heteroatoms. The number of carbonyl (C=O) groups is 1. The second-order valence-electron chi connectivity index (χ2n) is 4.92. The number of nitrogens with zero attached hydrogens (tertiary/aromatic N) is 4. The van der Waals surface area contributed by atoms with E-state index in [1.54, 1.807) is 24.3 Å². The van der Waals surface area contributed by atoms with Crippen molar-refractivity contribution >= 4 is 23.6 Å². The number of hydrogen-bond donors (Lipinski definition) is 1. The Kier molecular flexibility index (Phi) is 4.89. The van der Waals surface area contributed by atoms with Gasteiger partial charge in [0.1, 0.15) is 5.76 Å². The molecule has 0 aliphatic carbocycles. The normalized spacial score (nSPS) is 11.0. The van der Waals surface area contributed by atoms with Crippen molar-refractivity contribution in [2.45, 2.75) is 31.6 Å². The van der Waals surface area contributed by atoms with Crippen LogP contribution in [0.1, 0.15) is 25.6 Å². The van der Waals surface area contributed by atoms with E-state index in [-0.39, 0.29) is 17.7 Å². The molecule has 1 amide bonds. The lowest BCUT2D eigenvalue weighted by Crippen LogP contribution is -2.27. The molecule has 0 fully saturated rings. The van der Waals surface area contributed by atoms with Crippen LogP contribution in [0, 0.1) is 0 Å². The fourth-order valence-corrected chi connectivity index (χ4v) is 2.85. The standard InChI is InChI=1S/C13H19N5O2S/c1-9(2)18-12(14)15-16-13(18)21-8-11(19)17(3)7-10-5-4-6-20-10/h4-6,9H,7-8H2,1-3H3,(H2,14,15). The highest BCUT2D eigenvalue weighted by Gasteiger charge is 2.16.